The number of benzene rings is 2. The molecule has 0 saturated carbocycles. The molecule has 30 heavy (non-hydrogen) atoms. The summed E-state index contributed by atoms with van der Waals surface area (Å²) in [7, 11) is 0. The van der Waals surface area contributed by atoms with Crippen LogP contribution in [0.4, 0.5) is 39.5 Å². The Kier molecular flexibility index (Phi) is 6.92. The van der Waals surface area contributed by atoms with Crippen molar-refractivity contribution in [2.75, 3.05) is 0 Å². The maximum Gasteiger partial charge on any atom is 0.446 e. The van der Waals surface area contributed by atoms with Crippen LogP contribution in [0.3, 0.4) is 0 Å². The molecule has 2 aromatic rings. The van der Waals surface area contributed by atoms with E-state index in [4.69, 9.17) is 16.3 Å². The number of hydrogen-bond acceptors (Lipinski definition) is 3. The monoisotopic (exact) mass is 482 g/mol. The van der Waals surface area contributed by atoms with Crippen molar-refractivity contribution >= 4 is 28.6 Å². The summed E-state index contributed by atoms with van der Waals surface area (Å²) < 4.78 is 122. The standard InChI is InChI=1S/C17H8ClF9O2S/c1-6(15(18)28)8-4-7(2-3-11(8)30-17(25,26)27)29-14-10(19)5-9(16(22,23)24)12(20)13(14)21/h2-6H,1H3. The maximum absolute atomic E-state index is 14.0. The van der Waals surface area contributed by atoms with E-state index >= 15 is 0 Å². The van der Waals surface area contributed by atoms with Crippen molar-refractivity contribution in [3.05, 3.63) is 52.8 Å². The first-order chi connectivity index (χ1) is 13.6. The van der Waals surface area contributed by atoms with Gasteiger partial charge in [0.25, 0.3) is 0 Å². The molecule has 1 atom stereocenters. The number of ether oxygens (including phenoxy) is 1. The maximum atomic E-state index is 14.0. The molecule has 0 fully saturated rings. The van der Waals surface area contributed by atoms with E-state index in [0.717, 1.165) is 25.1 Å². The van der Waals surface area contributed by atoms with E-state index in [2.05, 4.69) is 0 Å². The Morgan fingerprint density at radius 1 is 1.03 bits per heavy atom. The molecule has 0 aliphatic heterocycles. The molecule has 164 valence electrons. The molecular weight excluding hydrogens is 475 g/mol. The van der Waals surface area contributed by atoms with Gasteiger partial charge in [0.05, 0.1) is 11.5 Å². The van der Waals surface area contributed by atoms with Crippen LogP contribution in [-0.4, -0.2) is 10.8 Å². The zero-order valence-electron chi connectivity index (χ0n) is 14.4. The third-order valence-corrected chi connectivity index (χ3v) is 4.81. The van der Waals surface area contributed by atoms with Crippen molar-refractivity contribution in [3.63, 3.8) is 0 Å². The van der Waals surface area contributed by atoms with Gasteiger partial charge in [0, 0.05) is 4.90 Å². The summed E-state index contributed by atoms with van der Waals surface area (Å²) in [6.07, 6.45) is -5.38. The second-order valence-corrected chi connectivity index (χ2v) is 7.22. The lowest BCUT2D eigenvalue weighted by Gasteiger charge is -2.17. The van der Waals surface area contributed by atoms with Crippen molar-refractivity contribution < 1.29 is 49.0 Å². The lowest BCUT2D eigenvalue weighted by Crippen LogP contribution is -2.12. The predicted molar refractivity (Wildman–Crippen MR) is 89.0 cm³/mol. The summed E-state index contributed by atoms with van der Waals surface area (Å²) in [6.45, 7) is 1.15. The fourth-order valence-corrected chi connectivity index (χ4v) is 3.12. The minimum Gasteiger partial charge on any atom is -0.451 e. The number of carbonyl (C=O) groups is 1. The number of carbonyl (C=O) groups excluding carboxylic acids is 1. The molecule has 0 aliphatic rings. The van der Waals surface area contributed by atoms with E-state index in [1.807, 2.05) is 0 Å². The van der Waals surface area contributed by atoms with Crippen molar-refractivity contribution in [1.29, 1.82) is 0 Å². The normalized spacial score (nSPS) is 13.3. The number of thioether (sulfide) groups is 1. The Balaban J connectivity index is 2.53. The van der Waals surface area contributed by atoms with E-state index in [0.29, 0.717) is 0 Å². The average Bonchev–Trinajstić information content (AvgIpc) is 2.59. The Labute approximate surface area is 172 Å². The molecule has 0 radical (unpaired) electrons. The highest BCUT2D eigenvalue weighted by atomic mass is 35.5. The molecule has 1 unspecified atom stereocenters. The van der Waals surface area contributed by atoms with Crippen LogP contribution in [0.1, 0.15) is 24.0 Å². The fourth-order valence-electron chi connectivity index (χ4n) is 2.26. The highest BCUT2D eigenvalue weighted by Crippen LogP contribution is 2.43. The van der Waals surface area contributed by atoms with Crippen LogP contribution in [0, 0.1) is 17.5 Å². The van der Waals surface area contributed by atoms with Gasteiger partial charge in [-0.25, -0.2) is 8.78 Å². The first kappa shape index (κ1) is 24.2. The number of halogens is 10. The van der Waals surface area contributed by atoms with Gasteiger partial charge in [-0.3, -0.25) is 4.79 Å². The van der Waals surface area contributed by atoms with Crippen LogP contribution >= 0.6 is 23.4 Å². The van der Waals surface area contributed by atoms with E-state index < -0.39 is 74.0 Å². The third-order valence-electron chi connectivity index (χ3n) is 3.66. The molecule has 0 N–H and O–H groups in total. The minimum absolute atomic E-state index is 0.326. The SMILES string of the molecule is CC(C(=O)Cl)c1cc(Oc2c(F)cc(C(F)(F)F)c(F)c2F)ccc1SC(F)(F)F. The summed E-state index contributed by atoms with van der Waals surface area (Å²) >= 11 is 4.71. The van der Waals surface area contributed by atoms with Gasteiger partial charge in [-0.05, 0) is 53.2 Å². The van der Waals surface area contributed by atoms with Crippen LogP contribution in [-0.2, 0) is 11.0 Å². The summed E-state index contributed by atoms with van der Waals surface area (Å²) in [5, 5.41) is -1.06. The Morgan fingerprint density at radius 3 is 2.13 bits per heavy atom. The molecule has 2 rings (SSSR count). The molecule has 0 heterocycles. The highest BCUT2D eigenvalue weighted by molar-refractivity contribution is 8.00. The first-order valence-electron chi connectivity index (χ1n) is 7.63. The molecule has 0 aromatic heterocycles. The lowest BCUT2D eigenvalue weighted by molar-refractivity contribution is -0.140. The number of hydrogen-bond donors (Lipinski definition) is 0. The number of alkyl halides is 6. The Hall–Kier alpha value is -2.08. The second-order valence-electron chi connectivity index (χ2n) is 5.74. The van der Waals surface area contributed by atoms with Crippen molar-refractivity contribution in [2.24, 2.45) is 0 Å². The summed E-state index contributed by atoms with van der Waals surface area (Å²) in [5.41, 5.74) is -7.28. The number of rotatable bonds is 5. The molecule has 0 aliphatic carbocycles. The summed E-state index contributed by atoms with van der Waals surface area (Å²) in [4.78, 5) is 10.9. The van der Waals surface area contributed by atoms with Crippen molar-refractivity contribution in [1.82, 2.24) is 0 Å². The fraction of sp³-hybridized carbons (Fsp3) is 0.235. The van der Waals surface area contributed by atoms with Crippen LogP contribution in [0.15, 0.2) is 29.2 Å². The highest BCUT2D eigenvalue weighted by Gasteiger charge is 2.38. The molecule has 0 amide bonds. The predicted octanol–water partition coefficient (Wildman–Crippen LogP) is 7.40. The van der Waals surface area contributed by atoms with Crippen LogP contribution < -0.4 is 4.74 Å². The smallest absolute Gasteiger partial charge is 0.446 e. The van der Waals surface area contributed by atoms with Gasteiger partial charge in [0.2, 0.25) is 16.8 Å². The first-order valence-corrected chi connectivity index (χ1v) is 8.82. The van der Waals surface area contributed by atoms with Crippen LogP contribution in [0.25, 0.3) is 0 Å². The van der Waals surface area contributed by atoms with Gasteiger partial charge in [-0.2, -0.15) is 30.7 Å². The van der Waals surface area contributed by atoms with Crippen LogP contribution in [0.5, 0.6) is 11.5 Å². The Bertz CT molecular complexity index is 973. The zero-order valence-corrected chi connectivity index (χ0v) is 16.0. The van der Waals surface area contributed by atoms with Gasteiger partial charge in [-0.15, -0.1) is 0 Å². The summed E-state index contributed by atoms with van der Waals surface area (Å²) in [6, 6.07) is 2.06. The largest absolute Gasteiger partial charge is 0.451 e. The van der Waals surface area contributed by atoms with Crippen molar-refractivity contribution in [3.8, 4) is 11.5 Å². The summed E-state index contributed by atoms with van der Waals surface area (Å²) in [5.74, 6) is -10.0. The lowest BCUT2D eigenvalue weighted by atomic mass is 10.0. The molecule has 0 spiro atoms. The minimum atomic E-state index is -5.38. The van der Waals surface area contributed by atoms with E-state index in [1.54, 1.807) is 0 Å². The third kappa shape index (κ3) is 5.54. The van der Waals surface area contributed by atoms with Gasteiger partial charge in [-0.1, -0.05) is 6.92 Å². The molecule has 2 aromatic carbocycles. The molecule has 0 saturated heterocycles. The van der Waals surface area contributed by atoms with E-state index in [1.165, 1.54) is 0 Å². The molecular formula is C17H8ClF9O2S. The average molecular weight is 483 g/mol. The van der Waals surface area contributed by atoms with Crippen LogP contribution in [0.2, 0.25) is 0 Å². The van der Waals surface area contributed by atoms with Gasteiger partial charge < -0.3 is 4.74 Å². The molecule has 0 bridgehead atoms. The van der Waals surface area contributed by atoms with E-state index in [9.17, 15) is 44.3 Å². The van der Waals surface area contributed by atoms with E-state index in [-0.39, 0.29) is 11.6 Å². The zero-order chi connectivity index (χ0) is 23.0. The topological polar surface area (TPSA) is 26.3 Å². The van der Waals surface area contributed by atoms with Gasteiger partial charge >= 0.3 is 11.7 Å². The second kappa shape index (κ2) is 8.58. The van der Waals surface area contributed by atoms with Gasteiger partial charge in [0.15, 0.2) is 11.6 Å². The van der Waals surface area contributed by atoms with Gasteiger partial charge in [0.1, 0.15) is 5.75 Å². The quantitative estimate of drug-likeness (QED) is 0.192. The molecule has 13 heteroatoms. The molecule has 2 nitrogen and oxygen atoms in total. The Morgan fingerprint density at radius 2 is 1.63 bits per heavy atom. The van der Waals surface area contributed by atoms with Crippen molar-refractivity contribution in [2.45, 2.75) is 29.4 Å².